The molecule has 126 valence electrons. The summed E-state index contributed by atoms with van der Waals surface area (Å²) in [5.41, 5.74) is 2.15. The van der Waals surface area contributed by atoms with Crippen molar-refractivity contribution >= 4 is 11.3 Å². The van der Waals surface area contributed by atoms with E-state index in [0.29, 0.717) is 5.92 Å². The van der Waals surface area contributed by atoms with Crippen LogP contribution in [0.2, 0.25) is 0 Å². The van der Waals surface area contributed by atoms with Crippen LogP contribution in [0.1, 0.15) is 43.1 Å². The number of hydrogen-bond donors (Lipinski definition) is 0. The molecule has 0 N–H and O–H groups in total. The van der Waals surface area contributed by atoms with E-state index in [9.17, 15) is 0 Å². The molecule has 1 fully saturated rings. The Morgan fingerprint density at radius 2 is 2.33 bits per heavy atom. The number of hydrogen-bond acceptors (Lipinski definition) is 7. The van der Waals surface area contributed by atoms with Gasteiger partial charge in [-0.15, -0.1) is 11.3 Å². The second-order valence-electron chi connectivity index (χ2n) is 6.13. The molecule has 4 heterocycles. The standard InChI is InChI=1S/C17H20N4O2S/c1-2-15-19-16(20-23-15)12-4-3-6-21(8-12)9-14-11-24-17(18-14)13-5-7-22-10-13/h5,7,10-12H,2-4,6,8-9H2,1H3/t12-/m1/s1. The van der Waals surface area contributed by atoms with E-state index in [-0.39, 0.29) is 0 Å². The number of rotatable bonds is 5. The van der Waals surface area contributed by atoms with Crippen LogP contribution in [0.15, 0.2) is 32.9 Å². The fourth-order valence-corrected chi connectivity index (χ4v) is 3.91. The van der Waals surface area contributed by atoms with Crippen molar-refractivity contribution in [1.82, 2.24) is 20.0 Å². The number of nitrogens with zero attached hydrogens (tertiary/aromatic N) is 4. The summed E-state index contributed by atoms with van der Waals surface area (Å²) in [7, 11) is 0. The molecule has 0 saturated carbocycles. The van der Waals surface area contributed by atoms with Crippen LogP contribution in [0.5, 0.6) is 0 Å². The lowest BCUT2D eigenvalue weighted by molar-refractivity contribution is 0.193. The molecule has 0 bridgehead atoms. The lowest BCUT2D eigenvalue weighted by Crippen LogP contribution is -2.34. The minimum atomic E-state index is 0.356. The normalized spacial score (nSPS) is 19.0. The highest BCUT2D eigenvalue weighted by molar-refractivity contribution is 7.13. The van der Waals surface area contributed by atoms with E-state index in [1.807, 2.05) is 13.0 Å². The van der Waals surface area contributed by atoms with Crippen molar-refractivity contribution in [3.05, 3.63) is 41.4 Å². The highest BCUT2D eigenvalue weighted by Crippen LogP contribution is 2.28. The maximum absolute atomic E-state index is 5.27. The fourth-order valence-electron chi connectivity index (χ4n) is 3.11. The molecule has 0 amide bonds. The van der Waals surface area contributed by atoms with E-state index < -0.39 is 0 Å². The molecule has 1 atom stereocenters. The summed E-state index contributed by atoms with van der Waals surface area (Å²) >= 11 is 1.66. The average Bonchev–Trinajstić information content (AvgIpc) is 3.36. The topological polar surface area (TPSA) is 68.2 Å². The first kappa shape index (κ1) is 15.5. The minimum absolute atomic E-state index is 0.356. The van der Waals surface area contributed by atoms with Crippen LogP contribution in [0.4, 0.5) is 0 Å². The molecule has 0 unspecified atom stereocenters. The van der Waals surface area contributed by atoms with Gasteiger partial charge >= 0.3 is 0 Å². The summed E-state index contributed by atoms with van der Waals surface area (Å²) in [6.45, 7) is 4.95. The van der Waals surface area contributed by atoms with E-state index >= 15 is 0 Å². The number of thiazole rings is 1. The third-order valence-corrected chi connectivity index (χ3v) is 5.30. The molecule has 3 aromatic heterocycles. The fraction of sp³-hybridized carbons (Fsp3) is 0.471. The summed E-state index contributed by atoms with van der Waals surface area (Å²) < 4.78 is 10.4. The van der Waals surface area contributed by atoms with Crippen molar-refractivity contribution in [1.29, 1.82) is 0 Å². The number of piperidine rings is 1. The third-order valence-electron chi connectivity index (χ3n) is 4.36. The quantitative estimate of drug-likeness (QED) is 0.702. The van der Waals surface area contributed by atoms with E-state index in [4.69, 9.17) is 13.9 Å². The smallest absolute Gasteiger partial charge is 0.226 e. The average molecular weight is 344 g/mol. The highest BCUT2D eigenvalue weighted by Gasteiger charge is 2.25. The van der Waals surface area contributed by atoms with E-state index in [1.165, 1.54) is 0 Å². The predicted molar refractivity (Wildman–Crippen MR) is 90.7 cm³/mol. The Kier molecular flexibility index (Phi) is 4.44. The molecule has 0 aromatic carbocycles. The molecule has 24 heavy (non-hydrogen) atoms. The molecule has 0 radical (unpaired) electrons. The first-order chi connectivity index (χ1) is 11.8. The van der Waals surface area contributed by atoms with Crippen LogP contribution in [0, 0.1) is 0 Å². The van der Waals surface area contributed by atoms with Crippen molar-refractivity contribution in [2.75, 3.05) is 13.1 Å². The zero-order valence-corrected chi connectivity index (χ0v) is 14.5. The van der Waals surface area contributed by atoms with Gasteiger partial charge in [0, 0.05) is 36.4 Å². The predicted octanol–water partition coefficient (Wildman–Crippen LogP) is 3.73. The van der Waals surface area contributed by atoms with Crippen molar-refractivity contribution in [2.24, 2.45) is 0 Å². The molecule has 1 aliphatic heterocycles. The van der Waals surface area contributed by atoms with Gasteiger partial charge in [0.05, 0.1) is 12.0 Å². The number of aryl methyl sites for hydroxylation is 1. The maximum Gasteiger partial charge on any atom is 0.226 e. The third kappa shape index (κ3) is 3.27. The molecule has 7 heteroatoms. The second-order valence-corrected chi connectivity index (χ2v) is 6.99. The number of furan rings is 1. The molecule has 6 nitrogen and oxygen atoms in total. The van der Waals surface area contributed by atoms with Crippen LogP contribution in [-0.4, -0.2) is 33.1 Å². The molecule has 3 aromatic rings. The monoisotopic (exact) mass is 344 g/mol. The number of likely N-dealkylation sites (tertiary alicyclic amines) is 1. The summed E-state index contributed by atoms with van der Waals surface area (Å²) in [6.07, 6.45) is 6.48. The molecule has 0 spiro atoms. The second kappa shape index (κ2) is 6.86. The highest BCUT2D eigenvalue weighted by atomic mass is 32.1. The van der Waals surface area contributed by atoms with Gasteiger partial charge in [-0.3, -0.25) is 4.90 Å². The zero-order chi connectivity index (χ0) is 16.4. The van der Waals surface area contributed by atoms with Crippen molar-refractivity contribution in [3.63, 3.8) is 0 Å². The Balaban J connectivity index is 1.41. The Labute approximate surface area is 144 Å². The van der Waals surface area contributed by atoms with Gasteiger partial charge in [0.25, 0.3) is 0 Å². The SMILES string of the molecule is CCc1nc([C@@H]2CCCN(Cc3csc(-c4ccoc4)n3)C2)no1. The van der Waals surface area contributed by atoms with Gasteiger partial charge in [-0.05, 0) is 25.5 Å². The lowest BCUT2D eigenvalue weighted by Gasteiger charge is -2.30. The molecular weight excluding hydrogens is 324 g/mol. The largest absolute Gasteiger partial charge is 0.472 e. The van der Waals surface area contributed by atoms with Gasteiger partial charge in [0.15, 0.2) is 5.82 Å². The van der Waals surface area contributed by atoms with Gasteiger partial charge < -0.3 is 8.94 Å². The van der Waals surface area contributed by atoms with Gasteiger partial charge in [0.1, 0.15) is 11.3 Å². The molecular formula is C17H20N4O2S. The van der Waals surface area contributed by atoms with Gasteiger partial charge in [0.2, 0.25) is 5.89 Å². The Bertz CT molecular complexity index is 780. The minimum Gasteiger partial charge on any atom is -0.472 e. The van der Waals surface area contributed by atoms with E-state index in [2.05, 4.69) is 20.4 Å². The first-order valence-electron chi connectivity index (χ1n) is 8.33. The summed E-state index contributed by atoms with van der Waals surface area (Å²) in [5, 5.41) is 7.30. The Morgan fingerprint density at radius 3 is 3.12 bits per heavy atom. The molecule has 1 saturated heterocycles. The van der Waals surface area contributed by atoms with E-state index in [1.54, 1.807) is 23.9 Å². The van der Waals surface area contributed by atoms with Gasteiger partial charge in [-0.1, -0.05) is 12.1 Å². The van der Waals surface area contributed by atoms with Crippen molar-refractivity contribution in [2.45, 2.75) is 38.6 Å². The van der Waals surface area contributed by atoms with Crippen LogP contribution in [-0.2, 0) is 13.0 Å². The van der Waals surface area contributed by atoms with Gasteiger partial charge in [-0.25, -0.2) is 4.98 Å². The van der Waals surface area contributed by atoms with Crippen molar-refractivity contribution < 1.29 is 8.94 Å². The maximum atomic E-state index is 5.27. The summed E-state index contributed by atoms with van der Waals surface area (Å²) in [5.74, 6) is 1.94. The van der Waals surface area contributed by atoms with Crippen molar-refractivity contribution in [3.8, 4) is 10.6 Å². The molecule has 0 aliphatic carbocycles. The summed E-state index contributed by atoms with van der Waals surface area (Å²) in [6, 6.07) is 1.95. The van der Waals surface area contributed by atoms with Crippen LogP contribution in [0.3, 0.4) is 0 Å². The zero-order valence-electron chi connectivity index (χ0n) is 13.6. The van der Waals surface area contributed by atoms with E-state index in [0.717, 1.165) is 66.9 Å². The Hall–Kier alpha value is -1.99. The molecule has 1 aliphatic rings. The lowest BCUT2D eigenvalue weighted by atomic mass is 9.97. The van der Waals surface area contributed by atoms with Crippen LogP contribution >= 0.6 is 11.3 Å². The summed E-state index contributed by atoms with van der Waals surface area (Å²) in [4.78, 5) is 11.7. The molecule has 4 rings (SSSR count). The first-order valence-corrected chi connectivity index (χ1v) is 9.21. The van der Waals surface area contributed by atoms with Crippen LogP contribution in [0.25, 0.3) is 10.6 Å². The van der Waals surface area contributed by atoms with Crippen LogP contribution < -0.4 is 0 Å². The van der Waals surface area contributed by atoms with Gasteiger partial charge in [-0.2, -0.15) is 4.98 Å². The Morgan fingerprint density at radius 1 is 1.38 bits per heavy atom. The number of aromatic nitrogens is 3.